The minimum absolute atomic E-state index is 0. The van der Waals surface area contributed by atoms with E-state index in [2.05, 4.69) is 132 Å². The van der Waals surface area contributed by atoms with E-state index in [-0.39, 0.29) is 25.5 Å². The van der Waals surface area contributed by atoms with E-state index >= 15 is 0 Å². The zero-order chi connectivity index (χ0) is 38.2. The van der Waals surface area contributed by atoms with Crippen LogP contribution in [-0.2, 0) is 32.9 Å². The SMILES string of the molecule is CC(C)(C)Cc1cc(-c2[c-]cccc2)ncc1[Si](C)(C)C.[Ir].[c-]1cc2oc3c(-c4ccccc4)cccc3c2cc1-c1cc(CC2CC3CCC2CC3)ccn1. The number of furan rings is 1. The van der Waals surface area contributed by atoms with Crippen LogP contribution in [0.25, 0.3) is 55.6 Å². The Bertz CT molecular complexity index is 2400. The smallest absolute Gasteiger partial charge is 0.128 e. The molecule has 3 fully saturated rings. The molecule has 7 aromatic rings. The van der Waals surface area contributed by atoms with Crippen LogP contribution in [0, 0.1) is 35.3 Å². The topological polar surface area (TPSA) is 38.9 Å². The molecule has 3 saturated carbocycles. The van der Waals surface area contributed by atoms with Crippen LogP contribution in [0.5, 0.6) is 0 Å². The Balaban J connectivity index is 0.000000190. The van der Waals surface area contributed by atoms with Crippen molar-refractivity contribution in [2.24, 2.45) is 23.2 Å². The van der Waals surface area contributed by atoms with Crippen molar-refractivity contribution in [1.82, 2.24) is 9.97 Å². The summed E-state index contributed by atoms with van der Waals surface area (Å²) in [5, 5.41) is 3.75. The second-order valence-electron chi connectivity index (χ2n) is 18.3. The Hall–Kier alpha value is -4.15. The molecule has 3 nitrogen and oxygen atoms in total. The van der Waals surface area contributed by atoms with Gasteiger partial charge in [0, 0.05) is 43.4 Å². The van der Waals surface area contributed by atoms with Crippen molar-refractivity contribution in [1.29, 1.82) is 0 Å². The number of rotatable bonds is 7. The zero-order valence-electron chi connectivity index (χ0n) is 33.8. The van der Waals surface area contributed by atoms with E-state index < -0.39 is 8.07 Å². The largest absolute Gasteiger partial charge is 0.500 e. The van der Waals surface area contributed by atoms with Crippen LogP contribution >= 0.6 is 0 Å². The van der Waals surface area contributed by atoms with E-state index in [9.17, 15) is 0 Å². The Morgan fingerprint density at radius 2 is 1.54 bits per heavy atom. The van der Waals surface area contributed by atoms with Crippen molar-refractivity contribution in [2.45, 2.75) is 85.4 Å². The third kappa shape index (κ3) is 9.02. The third-order valence-corrected chi connectivity index (χ3v) is 13.9. The summed E-state index contributed by atoms with van der Waals surface area (Å²) in [6.07, 6.45) is 13.6. The molecule has 0 N–H and O–H groups in total. The molecule has 3 aliphatic carbocycles. The number of nitrogens with zero attached hydrogens (tertiary/aromatic N) is 2. The van der Waals surface area contributed by atoms with Crippen LogP contribution in [0.4, 0.5) is 0 Å². The van der Waals surface area contributed by atoms with Gasteiger partial charge in [0.05, 0.1) is 13.7 Å². The quantitative estimate of drug-likeness (QED) is 0.118. The van der Waals surface area contributed by atoms with Crippen LogP contribution in [0.1, 0.15) is 64.0 Å². The van der Waals surface area contributed by atoms with Gasteiger partial charge >= 0.3 is 0 Å². The normalized spacial score (nSPS) is 18.0. The summed E-state index contributed by atoms with van der Waals surface area (Å²) in [5.41, 5.74) is 11.4. The second-order valence-corrected chi connectivity index (χ2v) is 23.3. The van der Waals surface area contributed by atoms with Gasteiger partial charge in [0.1, 0.15) is 5.58 Å². The van der Waals surface area contributed by atoms with Crippen LogP contribution < -0.4 is 5.19 Å². The van der Waals surface area contributed by atoms with Gasteiger partial charge in [0.15, 0.2) is 0 Å². The molecule has 3 aromatic heterocycles. The molecule has 1 atom stereocenters. The minimum Gasteiger partial charge on any atom is -0.500 e. The summed E-state index contributed by atoms with van der Waals surface area (Å²) in [6.45, 7) is 14.1. The maximum Gasteiger partial charge on any atom is 0.128 e. The van der Waals surface area contributed by atoms with Crippen LogP contribution in [0.3, 0.4) is 0 Å². The van der Waals surface area contributed by atoms with Gasteiger partial charge < -0.3 is 14.4 Å². The van der Waals surface area contributed by atoms with Crippen LogP contribution in [0.2, 0.25) is 19.6 Å². The summed E-state index contributed by atoms with van der Waals surface area (Å²) in [6, 6.07) is 42.6. The fraction of sp³-hybridized carbons (Fsp3) is 0.333. The number of para-hydroxylation sites is 1. The number of fused-ring (bicyclic) bond motifs is 6. The molecule has 3 heterocycles. The molecular weight excluding hydrogens is 877 g/mol. The van der Waals surface area contributed by atoms with Crippen molar-refractivity contribution in [3.8, 4) is 33.6 Å². The van der Waals surface area contributed by atoms with Gasteiger partial charge in [-0.2, -0.15) is 0 Å². The Morgan fingerprint density at radius 3 is 2.23 bits per heavy atom. The first-order valence-electron chi connectivity index (χ1n) is 20.3. The molecule has 0 amide bonds. The van der Waals surface area contributed by atoms with Gasteiger partial charge in [-0.3, -0.25) is 0 Å². The average Bonchev–Trinajstić information content (AvgIpc) is 3.57. The molecule has 1 unspecified atom stereocenters. The molecular formula is C51H54IrN2OSi-2. The van der Waals surface area contributed by atoms with Gasteiger partial charge in [0.2, 0.25) is 0 Å². The van der Waals surface area contributed by atoms with Crippen molar-refractivity contribution in [2.75, 3.05) is 0 Å². The molecule has 3 aliphatic rings. The Labute approximate surface area is 348 Å². The summed E-state index contributed by atoms with van der Waals surface area (Å²) in [4.78, 5) is 9.43. The van der Waals surface area contributed by atoms with Crippen molar-refractivity contribution < 1.29 is 24.5 Å². The molecule has 0 saturated heterocycles. The van der Waals surface area contributed by atoms with E-state index in [0.29, 0.717) is 0 Å². The Kier molecular flexibility index (Phi) is 12.0. The first kappa shape index (κ1) is 40.1. The number of benzene rings is 4. The van der Waals surface area contributed by atoms with E-state index in [1.807, 2.05) is 36.5 Å². The minimum atomic E-state index is -1.37. The number of aromatic nitrogens is 2. The van der Waals surface area contributed by atoms with Gasteiger partial charge in [0.25, 0.3) is 0 Å². The van der Waals surface area contributed by atoms with Crippen molar-refractivity contribution in [3.05, 3.63) is 139 Å². The fourth-order valence-corrected chi connectivity index (χ4v) is 10.7. The summed E-state index contributed by atoms with van der Waals surface area (Å²) < 4.78 is 6.33. The predicted molar refractivity (Wildman–Crippen MR) is 233 cm³/mol. The molecule has 5 heteroatoms. The van der Waals surface area contributed by atoms with Gasteiger partial charge in [-0.15, -0.1) is 59.7 Å². The Morgan fingerprint density at radius 1 is 0.768 bits per heavy atom. The average molecular weight is 931 g/mol. The predicted octanol–water partition coefficient (Wildman–Crippen LogP) is 13.2. The molecule has 1 radical (unpaired) electrons. The number of hydrogen-bond acceptors (Lipinski definition) is 3. The van der Waals surface area contributed by atoms with Crippen molar-refractivity contribution >= 4 is 35.2 Å². The number of hydrogen-bond donors (Lipinski definition) is 0. The molecule has 0 aliphatic heterocycles. The van der Waals surface area contributed by atoms with Gasteiger partial charge in [-0.1, -0.05) is 130 Å². The molecule has 2 bridgehead atoms. The molecule has 10 rings (SSSR count). The van der Waals surface area contributed by atoms with E-state index in [0.717, 1.165) is 74.2 Å². The van der Waals surface area contributed by atoms with E-state index in [4.69, 9.17) is 14.4 Å². The first-order chi connectivity index (χ1) is 26.5. The first-order valence-corrected chi connectivity index (χ1v) is 23.8. The standard InChI is InChI=1S/C32H28NO.C19H26NSi.Ir/c1-2-5-24(6-3-1)27-7-4-8-28-29-20-25(13-14-31(29)34-32(27)28)30-19-22(15-16-33-30)18-26-17-21-9-11-23(26)12-10-21;1-19(2,3)13-16-12-17(15-10-8-7-9-11-15)20-14-18(16)21(4,5)6;/h1-8,14-16,19-21,23,26H,9-12,17-18H2;7-10,12,14H,13H2,1-6H3;/q2*-1;. The van der Waals surface area contributed by atoms with Crippen LogP contribution in [-0.4, -0.2) is 18.0 Å². The van der Waals surface area contributed by atoms with E-state index in [1.54, 1.807) is 0 Å². The number of pyridine rings is 2. The second kappa shape index (κ2) is 16.8. The maximum absolute atomic E-state index is 6.33. The summed E-state index contributed by atoms with van der Waals surface area (Å²) in [5.74, 6) is 2.76. The van der Waals surface area contributed by atoms with Gasteiger partial charge in [-0.25, -0.2) is 0 Å². The monoisotopic (exact) mass is 931 g/mol. The van der Waals surface area contributed by atoms with Gasteiger partial charge in [-0.05, 0) is 83.5 Å². The summed E-state index contributed by atoms with van der Waals surface area (Å²) in [7, 11) is -1.37. The molecule has 0 spiro atoms. The maximum atomic E-state index is 6.33. The fourth-order valence-electron chi connectivity index (χ4n) is 9.14. The van der Waals surface area contributed by atoms with E-state index in [1.165, 1.54) is 60.4 Å². The summed E-state index contributed by atoms with van der Waals surface area (Å²) >= 11 is 0. The molecule has 4 aromatic carbocycles. The van der Waals surface area contributed by atoms with Crippen LogP contribution in [0.15, 0.2) is 120 Å². The molecule has 56 heavy (non-hydrogen) atoms. The molecule has 289 valence electrons. The van der Waals surface area contributed by atoms with Crippen molar-refractivity contribution in [3.63, 3.8) is 0 Å². The zero-order valence-corrected chi connectivity index (χ0v) is 37.2. The third-order valence-electron chi connectivity index (χ3n) is 11.8.